The summed E-state index contributed by atoms with van der Waals surface area (Å²) < 4.78 is 11.7. The van der Waals surface area contributed by atoms with Gasteiger partial charge in [-0.25, -0.2) is 0 Å². The first kappa shape index (κ1) is 13.4. The zero-order valence-electron chi connectivity index (χ0n) is 10.6. The summed E-state index contributed by atoms with van der Waals surface area (Å²) in [5.41, 5.74) is 0.788. The molecule has 1 aromatic rings. The molecule has 98 valence electrons. The standard InChI is InChI=1S/C13H16BrNO3/c1-8-7-15(13(16)9(2)17-3)11-6-10(14)4-5-12(11)18-8/h4-6,8-9H,7H2,1-3H3. The van der Waals surface area contributed by atoms with Crippen LogP contribution in [0.4, 0.5) is 5.69 Å². The average molecular weight is 314 g/mol. The van der Waals surface area contributed by atoms with Crippen LogP contribution in [0.15, 0.2) is 22.7 Å². The number of ether oxygens (including phenoxy) is 2. The molecule has 0 aliphatic carbocycles. The fourth-order valence-electron chi connectivity index (χ4n) is 1.94. The summed E-state index contributed by atoms with van der Waals surface area (Å²) in [6, 6.07) is 5.66. The molecule has 2 rings (SSSR count). The number of hydrogen-bond donors (Lipinski definition) is 0. The highest BCUT2D eigenvalue weighted by molar-refractivity contribution is 9.10. The molecule has 1 aliphatic heterocycles. The maximum atomic E-state index is 12.3. The molecule has 4 nitrogen and oxygen atoms in total. The Labute approximate surface area is 115 Å². The zero-order chi connectivity index (χ0) is 13.3. The number of rotatable bonds is 2. The van der Waals surface area contributed by atoms with Crippen molar-refractivity contribution in [2.45, 2.75) is 26.1 Å². The van der Waals surface area contributed by atoms with Crippen LogP contribution in [0.3, 0.4) is 0 Å². The average Bonchev–Trinajstić information content (AvgIpc) is 2.36. The summed E-state index contributed by atoms with van der Waals surface area (Å²) in [6.07, 6.45) is -0.478. The molecular formula is C13H16BrNO3. The largest absolute Gasteiger partial charge is 0.487 e. The van der Waals surface area contributed by atoms with Gasteiger partial charge >= 0.3 is 0 Å². The van der Waals surface area contributed by atoms with E-state index in [0.717, 1.165) is 15.9 Å². The molecule has 5 heteroatoms. The van der Waals surface area contributed by atoms with Crippen LogP contribution in [0.5, 0.6) is 5.75 Å². The van der Waals surface area contributed by atoms with Crippen LogP contribution < -0.4 is 9.64 Å². The van der Waals surface area contributed by atoms with Crippen molar-refractivity contribution >= 4 is 27.5 Å². The third-order valence-electron chi connectivity index (χ3n) is 2.95. The maximum Gasteiger partial charge on any atom is 0.256 e. The van der Waals surface area contributed by atoms with E-state index in [1.165, 1.54) is 7.11 Å². The minimum Gasteiger partial charge on any atom is -0.487 e. The number of methoxy groups -OCH3 is 1. The molecule has 0 radical (unpaired) electrons. The molecule has 2 unspecified atom stereocenters. The fraction of sp³-hybridized carbons (Fsp3) is 0.462. The van der Waals surface area contributed by atoms with Gasteiger partial charge in [-0.05, 0) is 32.0 Å². The minimum absolute atomic E-state index is 0.0216. The number of carbonyl (C=O) groups is 1. The maximum absolute atomic E-state index is 12.3. The van der Waals surface area contributed by atoms with Crippen molar-refractivity contribution in [3.05, 3.63) is 22.7 Å². The van der Waals surface area contributed by atoms with E-state index in [1.54, 1.807) is 11.8 Å². The molecule has 1 amide bonds. The van der Waals surface area contributed by atoms with Crippen molar-refractivity contribution in [2.24, 2.45) is 0 Å². The van der Waals surface area contributed by atoms with Gasteiger partial charge in [-0.15, -0.1) is 0 Å². The predicted octanol–water partition coefficient (Wildman–Crippen LogP) is 2.60. The minimum atomic E-state index is -0.456. The second-order valence-electron chi connectivity index (χ2n) is 4.37. The number of halogens is 1. The number of amides is 1. The monoisotopic (exact) mass is 313 g/mol. The van der Waals surface area contributed by atoms with Crippen LogP contribution in [0.2, 0.25) is 0 Å². The van der Waals surface area contributed by atoms with Crippen LogP contribution in [-0.2, 0) is 9.53 Å². The van der Waals surface area contributed by atoms with E-state index in [0.29, 0.717) is 6.54 Å². The second-order valence-corrected chi connectivity index (χ2v) is 5.28. The first-order chi connectivity index (χ1) is 8.52. The molecule has 1 heterocycles. The lowest BCUT2D eigenvalue weighted by atomic mass is 10.1. The number of benzene rings is 1. The van der Waals surface area contributed by atoms with E-state index in [-0.39, 0.29) is 12.0 Å². The summed E-state index contributed by atoms with van der Waals surface area (Å²) in [4.78, 5) is 14.0. The molecule has 18 heavy (non-hydrogen) atoms. The Bertz CT molecular complexity index is 464. The quantitative estimate of drug-likeness (QED) is 0.842. The van der Waals surface area contributed by atoms with Crippen molar-refractivity contribution in [1.82, 2.24) is 0 Å². The van der Waals surface area contributed by atoms with Crippen LogP contribution in [-0.4, -0.2) is 31.8 Å². The number of carbonyl (C=O) groups excluding carboxylic acids is 1. The predicted molar refractivity (Wildman–Crippen MR) is 73.1 cm³/mol. The molecule has 0 spiro atoms. The highest BCUT2D eigenvalue weighted by atomic mass is 79.9. The van der Waals surface area contributed by atoms with Gasteiger partial charge in [0.25, 0.3) is 5.91 Å². The molecule has 0 N–H and O–H groups in total. The molecule has 0 bridgehead atoms. The molecule has 1 aliphatic rings. The van der Waals surface area contributed by atoms with Gasteiger partial charge in [0.1, 0.15) is 18.0 Å². The van der Waals surface area contributed by atoms with Crippen LogP contribution in [0.1, 0.15) is 13.8 Å². The fourth-order valence-corrected chi connectivity index (χ4v) is 2.29. The third kappa shape index (κ3) is 2.52. The van der Waals surface area contributed by atoms with E-state index in [2.05, 4.69) is 15.9 Å². The second kappa shape index (κ2) is 5.28. The van der Waals surface area contributed by atoms with Crippen LogP contribution >= 0.6 is 15.9 Å². The summed E-state index contributed by atoms with van der Waals surface area (Å²) in [5.74, 6) is 0.681. The number of fused-ring (bicyclic) bond motifs is 1. The van der Waals surface area contributed by atoms with Crippen LogP contribution in [0.25, 0.3) is 0 Å². The number of hydrogen-bond acceptors (Lipinski definition) is 3. The van der Waals surface area contributed by atoms with E-state index >= 15 is 0 Å². The first-order valence-electron chi connectivity index (χ1n) is 5.83. The smallest absolute Gasteiger partial charge is 0.256 e. The van der Waals surface area contributed by atoms with E-state index in [4.69, 9.17) is 9.47 Å². The molecule has 1 aromatic carbocycles. The highest BCUT2D eigenvalue weighted by Gasteiger charge is 2.30. The van der Waals surface area contributed by atoms with Gasteiger partial charge in [-0.3, -0.25) is 4.79 Å². The summed E-state index contributed by atoms with van der Waals surface area (Å²) in [7, 11) is 1.54. The lowest BCUT2D eigenvalue weighted by Crippen LogP contribution is -2.46. The molecule has 0 fully saturated rings. The van der Waals surface area contributed by atoms with Gasteiger partial charge in [0, 0.05) is 11.6 Å². The highest BCUT2D eigenvalue weighted by Crippen LogP contribution is 2.36. The number of nitrogens with zero attached hydrogens (tertiary/aromatic N) is 1. The molecule has 2 atom stereocenters. The van der Waals surface area contributed by atoms with E-state index in [1.807, 2.05) is 25.1 Å². The van der Waals surface area contributed by atoms with E-state index in [9.17, 15) is 4.79 Å². The molecule has 0 saturated heterocycles. The van der Waals surface area contributed by atoms with Gasteiger partial charge in [-0.1, -0.05) is 15.9 Å². The Hall–Kier alpha value is -1.07. The molecule has 0 aromatic heterocycles. The Morgan fingerprint density at radius 3 is 3.00 bits per heavy atom. The Kier molecular flexibility index (Phi) is 3.92. The van der Waals surface area contributed by atoms with Gasteiger partial charge in [0.15, 0.2) is 0 Å². The van der Waals surface area contributed by atoms with Crippen molar-refractivity contribution < 1.29 is 14.3 Å². The third-order valence-corrected chi connectivity index (χ3v) is 3.44. The summed E-state index contributed by atoms with van der Waals surface area (Å²) in [5, 5.41) is 0. The van der Waals surface area contributed by atoms with Crippen molar-refractivity contribution in [3.63, 3.8) is 0 Å². The Morgan fingerprint density at radius 2 is 2.33 bits per heavy atom. The molecular weight excluding hydrogens is 298 g/mol. The summed E-state index contributed by atoms with van der Waals surface area (Å²) >= 11 is 3.41. The van der Waals surface area contributed by atoms with Gasteiger partial charge in [0.05, 0.1) is 12.2 Å². The Morgan fingerprint density at radius 1 is 1.61 bits per heavy atom. The summed E-state index contributed by atoms with van der Waals surface area (Å²) in [6.45, 7) is 4.23. The topological polar surface area (TPSA) is 38.8 Å². The lowest BCUT2D eigenvalue weighted by Gasteiger charge is -2.34. The first-order valence-corrected chi connectivity index (χ1v) is 6.62. The van der Waals surface area contributed by atoms with Crippen molar-refractivity contribution in [1.29, 1.82) is 0 Å². The van der Waals surface area contributed by atoms with Gasteiger partial charge < -0.3 is 14.4 Å². The van der Waals surface area contributed by atoms with Crippen molar-refractivity contribution in [2.75, 3.05) is 18.6 Å². The van der Waals surface area contributed by atoms with E-state index < -0.39 is 6.10 Å². The molecule has 0 saturated carbocycles. The SMILES string of the molecule is COC(C)C(=O)N1CC(C)Oc2ccc(Br)cc21. The zero-order valence-corrected chi connectivity index (χ0v) is 12.2. The number of anilines is 1. The van der Waals surface area contributed by atoms with Crippen LogP contribution in [0, 0.1) is 0 Å². The van der Waals surface area contributed by atoms with Crippen molar-refractivity contribution in [3.8, 4) is 5.75 Å². The lowest BCUT2D eigenvalue weighted by molar-refractivity contribution is -0.127. The van der Waals surface area contributed by atoms with Gasteiger partial charge in [0.2, 0.25) is 0 Å². The normalized spacial score (nSPS) is 20.0. The Balaban J connectivity index is 2.38. The van der Waals surface area contributed by atoms with Gasteiger partial charge in [-0.2, -0.15) is 0 Å².